The molecule has 0 aliphatic carbocycles. The number of aromatic nitrogens is 3. The minimum Gasteiger partial charge on any atom is -0.381 e. The summed E-state index contributed by atoms with van der Waals surface area (Å²) < 4.78 is 5.29. The number of hydrogen-bond acceptors (Lipinski definition) is 5. The van der Waals surface area contributed by atoms with Crippen molar-refractivity contribution >= 4 is 5.91 Å². The zero-order valence-corrected chi connectivity index (χ0v) is 11.5. The predicted octanol–water partition coefficient (Wildman–Crippen LogP) is 1.45. The number of hydrogen-bond donors (Lipinski definition) is 1. The molecule has 3 rings (SSSR count). The van der Waals surface area contributed by atoms with Crippen molar-refractivity contribution in [3.63, 3.8) is 0 Å². The molecular formula is C15H16N4O2. The van der Waals surface area contributed by atoms with Crippen LogP contribution in [0.3, 0.4) is 0 Å². The molecule has 1 amide bonds. The van der Waals surface area contributed by atoms with E-state index in [1.807, 2.05) is 0 Å². The SMILES string of the molecule is O=C(NC1CCOCC1)c1cncc(-c2cncnc2)c1. The standard InChI is InChI=1S/C15H16N4O2/c20-15(19-14-1-3-21-4-2-14)12-5-11(6-16-7-12)13-8-17-10-18-9-13/h5-10,14H,1-4H2,(H,19,20). The molecule has 1 N–H and O–H groups in total. The molecule has 1 aliphatic heterocycles. The molecule has 6 nitrogen and oxygen atoms in total. The number of carbonyl (C=O) groups excluding carboxylic acids is 1. The maximum Gasteiger partial charge on any atom is 0.253 e. The summed E-state index contributed by atoms with van der Waals surface area (Å²) in [6.07, 6.45) is 9.84. The zero-order valence-electron chi connectivity index (χ0n) is 11.5. The molecule has 0 unspecified atom stereocenters. The summed E-state index contributed by atoms with van der Waals surface area (Å²) >= 11 is 0. The Morgan fingerprint density at radius 1 is 1.05 bits per heavy atom. The van der Waals surface area contributed by atoms with Crippen LogP contribution in [0.25, 0.3) is 11.1 Å². The molecule has 0 bridgehead atoms. The Morgan fingerprint density at radius 2 is 1.76 bits per heavy atom. The highest BCUT2D eigenvalue weighted by molar-refractivity contribution is 5.95. The third-order valence-corrected chi connectivity index (χ3v) is 3.45. The minimum absolute atomic E-state index is 0.104. The second kappa shape index (κ2) is 6.41. The normalized spacial score (nSPS) is 15.6. The molecule has 2 aromatic rings. The second-order valence-corrected chi connectivity index (χ2v) is 4.95. The smallest absolute Gasteiger partial charge is 0.253 e. The highest BCUT2D eigenvalue weighted by atomic mass is 16.5. The van der Waals surface area contributed by atoms with E-state index in [4.69, 9.17) is 4.74 Å². The lowest BCUT2D eigenvalue weighted by Crippen LogP contribution is -2.38. The predicted molar refractivity (Wildman–Crippen MR) is 76.6 cm³/mol. The Kier molecular flexibility index (Phi) is 4.16. The van der Waals surface area contributed by atoms with Gasteiger partial charge in [0.25, 0.3) is 5.91 Å². The summed E-state index contributed by atoms with van der Waals surface area (Å²) in [6.45, 7) is 1.40. The molecular weight excluding hydrogens is 268 g/mol. The van der Waals surface area contributed by atoms with Crippen LogP contribution in [0.15, 0.2) is 37.2 Å². The largest absolute Gasteiger partial charge is 0.381 e. The average molecular weight is 284 g/mol. The van der Waals surface area contributed by atoms with Crippen molar-refractivity contribution in [2.24, 2.45) is 0 Å². The second-order valence-electron chi connectivity index (χ2n) is 4.95. The number of pyridine rings is 1. The molecule has 0 saturated carbocycles. The molecule has 108 valence electrons. The maximum atomic E-state index is 12.3. The van der Waals surface area contributed by atoms with Crippen molar-refractivity contribution < 1.29 is 9.53 Å². The molecule has 2 aromatic heterocycles. The van der Waals surface area contributed by atoms with Gasteiger partial charge in [-0.3, -0.25) is 9.78 Å². The molecule has 1 aliphatic rings. The summed E-state index contributed by atoms with van der Waals surface area (Å²) in [4.78, 5) is 24.4. The van der Waals surface area contributed by atoms with Gasteiger partial charge in [-0.25, -0.2) is 9.97 Å². The van der Waals surface area contributed by atoms with Crippen molar-refractivity contribution in [3.05, 3.63) is 42.7 Å². The van der Waals surface area contributed by atoms with Gasteiger partial charge in [0, 0.05) is 55.2 Å². The van der Waals surface area contributed by atoms with Gasteiger partial charge in [-0.2, -0.15) is 0 Å². The van der Waals surface area contributed by atoms with Gasteiger partial charge in [-0.1, -0.05) is 0 Å². The summed E-state index contributed by atoms with van der Waals surface area (Å²) in [6, 6.07) is 1.98. The zero-order chi connectivity index (χ0) is 14.5. The van der Waals surface area contributed by atoms with Crippen LogP contribution >= 0.6 is 0 Å². The first-order chi connectivity index (χ1) is 10.3. The number of nitrogens with zero attached hydrogens (tertiary/aromatic N) is 3. The van der Waals surface area contributed by atoms with Crippen molar-refractivity contribution in [2.75, 3.05) is 13.2 Å². The Balaban J connectivity index is 1.74. The first-order valence-corrected chi connectivity index (χ1v) is 6.92. The third kappa shape index (κ3) is 3.41. The summed E-state index contributed by atoms with van der Waals surface area (Å²) in [5.41, 5.74) is 2.21. The van der Waals surface area contributed by atoms with Crippen molar-refractivity contribution in [1.29, 1.82) is 0 Å². The molecule has 0 aromatic carbocycles. The van der Waals surface area contributed by atoms with Crippen LogP contribution in [0.2, 0.25) is 0 Å². The van der Waals surface area contributed by atoms with E-state index in [1.54, 1.807) is 30.9 Å². The van der Waals surface area contributed by atoms with Gasteiger partial charge < -0.3 is 10.1 Å². The molecule has 1 fully saturated rings. The average Bonchev–Trinajstić information content (AvgIpc) is 2.57. The molecule has 1 saturated heterocycles. The summed E-state index contributed by atoms with van der Waals surface area (Å²) in [7, 11) is 0. The lowest BCUT2D eigenvalue weighted by molar-refractivity contribution is 0.0696. The van der Waals surface area contributed by atoms with Crippen LogP contribution < -0.4 is 5.32 Å². The van der Waals surface area contributed by atoms with Crippen LogP contribution in [-0.2, 0) is 4.74 Å². The van der Waals surface area contributed by atoms with Gasteiger partial charge in [0.1, 0.15) is 6.33 Å². The number of carbonyl (C=O) groups is 1. The van der Waals surface area contributed by atoms with Crippen LogP contribution in [-0.4, -0.2) is 40.1 Å². The Labute approximate surface area is 122 Å². The van der Waals surface area contributed by atoms with Crippen molar-refractivity contribution in [2.45, 2.75) is 18.9 Å². The Morgan fingerprint density at radius 3 is 2.52 bits per heavy atom. The van der Waals surface area contributed by atoms with E-state index in [1.165, 1.54) is 6.33 Å². The molecule has 0 radical (unpaired) electrons. The van der Waals surface area contributed by atoms with E-state index in [0.717, 1.165) is 24.0 Å². The first-order valence-electron chi connectivity index (χ1n) is 6.92. The fraction of sp³-hybridized carbons (Fsp3) is 0.333. The highest BCUT2D eigenvalue weighted by Gasteiger charge is 2.17. The molecule has 21 heavy (non-hydrogen) atoms. The summed E-state index contributed by atoms with van der Waals surface area (Å²) in [5.74, 6) is -0.104. The number of amides is 1. The van der Waals surface area contributed by atoms with E-state index < -0.39 is 0 Å². The monoisotopic (exact) mass is 284 g/mol. The number of rotatable bonds is 3. The molecule has 3 heterocycles. The topological polar surface area (TPSA) is 77.0 Å². The Hall–Kier alpha value is -2.34. The van der Waals surface area contributed by atoms with Gasteiger partial charge in [-0.15, -0.1) is 0 Å². The Bertz CT molecular complexity index is 612. The fourth-order valence-electron chi connectivity index (χ4n) is 2.28. The molecule has 6 heteroatoms. The van der Waals surface area contributed by atoms with Gasteiger partial charge in [0.2, 0.25) is 0 Å². The van der Waals surface area contributed by atoms with Crippen LogP contribution in [0.1, 0.15) is 23.2 Å². The third-order valence-electron chi connectivity index (χ3n) is 3.45. The van der Waals surface area contributed by atoms with Gasteiger partial charge >= 0.3 is 0 Å². The minimum atomic E-state index is -0.104. The quantitative estimate of drug-likeness (QED) is 0.923. The van der Waals surface area contributed by atoms with Gasteiger partial charge in [0.15, 0.2) is 0 Å². The fourth-order valence-corrected chi connectivity index (χ4v) is 2.28. The van der Waals surface area contributed by atoms with E-state index in [2.05, 4.69) is 20.3 Å². The number of nitrogens with one attached hydrogen (secondary N) is 1. The van der Waals surface area contributed by atoms with Crippen LogP contribution in [0.5, 0.6) is 0 Å². The summed E-state index contributed by atoms with van der Waals surface area (Å²) in [5, 5.41) is 3.02. The van der Waals surface area contributed by atoms with Gasteiger partial charge in [-0.05, 0) is 18.9 Å². The van der Waals surface area contributed by atoms with E-state index in [-0.39, 0.29) is 11.9 Å². The van der Waals surface area contributed by atoms with E-state index >= 15 is 0 Å². The van der Waals surface area contributed by atoms with Crippen LogP contribution in [0.4, 0.5) is 0 Å². The highest BCUT2D eigenvalue weighted by Crippen LogP contribution is 2.17. The van der Waals surface area contributed by atoms with E-state index in [9.17, 15) is 4.79 Å². The van der Waals surface area contributed by atoms with Crippen molar-refractivity contribution in [3.8, 4) is 11.1 Å². The lowest BCUT2D eigenvalue weighted by atomic mass is 10.1. The maximum absolute atomic E-state index is 12.3. The lowest BCUT2D eigenvalue weighted by Gasteiger charge is -2.23. The molecule has 0 spiro atoms. The number of ether oxygens (including phenoxy) is 1. The first kappa shape index (κ1) is 13.6. The van der Waals surface area contributed by atoms with Crippen molar-refractivity contribution in [1.82, 2.24) is 20.3 Å². The van der Waals surface area contributed by atoms with Gasteiger partial charge in [0.05, 0.1) is 5.56 Å². The molecule has 0 atom stereocenters. The van der Waals surface area contributed by atoms with Crippen LogP contribution in [0, 0.1) is 0 Å². The van der Waals surface area contributed by atoms with E-state index in [0.29, 0.717) is 18.8 Å².